The van der Waals surface area contributed by atoms with Gasteiger partial charge in [0.2, 0.25) is 0 Å². The summed E-state index contributed by atoms with van der Waals surface area (Å²) in [6.45, 7) is 0.399. The highest BCUT2D eigenvalue weighted by molar-refractivity contribution is 6.36. The SMILES string of the molecule is O=C1C(=O)N(C(c2ccccc2)c2ccccc2)CCN1CC(=O)N(c1ccccc1)c1ccccc1. The number of hydrogen-bond donors (Lipinski definition) is 0. The van der Waals surface area contributed by atoms with Crippen molar-refractivity contribution in [1.29, 1.82) is 0 Å². The fourth-order valence-electron chi connectivity index (χ4n) is 4.74. The number of para-hydroxylation sites is 2. The van der Waals surface area contributed by atoms with E-state index in [0.29, 0.717) is 17.9 Å². The van der Waals surface area contributed by atoms with E-state index in [9.17, 15) is 14.4 Å². The number of benzene rings is 4. The van der Waals surface area contributed by atoms with Crippen LogP contribution in [0.2, 0.25) is 0 Å². The summed E-state index contributed by atoms with van der Waals surface area (Å²) in [7, 11) is 0. The third-order valence-corrected chi connectivity index (χ3v) is 6.49. The van der Waals surface area contributed by atoms with Gasteiger partial charge in [-0.15, -0.1) is 0 Å². The lowest BCUT2D eigenvalue weighted by atomic mass is 9.96. The van der Waals surface area contributed by atoms with E-state index in [1.165, 1.54) is 4.90 Å². The Balaban J connectivity index is 1.38. The van der Waals surface area contributed by atoms with Crippen molar-refractivity contribution >= 4 is 29.1 Å². The summed E-state index contributed by atoms with van der Waals surface area (Å²) in [5.41, 5.74) is 3.26. The molecule has 0 atom stereocenters. The summed E-state index contributed by atoms with van der Waals surface area (Å²) in [5.74, 6) is -1.56. The van der Waals surface area contributed by atoms with Gasteiger partial charge < -0.3 is 9.80 Å². The number of rotatable bonds is 7. The van der Waals surface area contributed by atoms with Crippen LogP contribution in [-0.4, -0.2) is 47.2 Å². The molecule has 0 aromatic heterocycles. The quantitative estimate of drug-likeness (QED) is 0.350. The molecular weight excluding hydrogens is 462 g/mol. The van der Waals surface area contributed by atoms with Crippen LogP contribution in [-0.2, 0) is 14.4 Å². The third-order valence-electron chi connectivity index (χ3n) is 6.49. The minimum atomic E-state index is -0.669. The highest BCUT2D eigenvalue weighted by Crippen LogP contribution is 2.31. The van der Waals surface area contributed by atoms with E-state index in [-0.39, 0.29) is 25.0 Å². The van der Waals surface area contributed by atoms with Gasteiger partial charge >= 0.3 is 11.8 Å². The van der Waals surface area contributed by atoms with E-state index >= 15 is 0 Å². The Morgan fingerprint density at radius 3 is 1.51 bits per heavy atom. The largest absolute Gasteiger partial charge is 0.323 e. The summed E-state index contributed by atoms with van der Waals surface area (Å²) in [5, 5.41) is 0. The van der Waals surface area contributed by atoms with Crippen LogP contribution < -0.4 is 4.90 Å². The molecular formula is C31H27N3O3. The zero-order valence-corrected chi connectivity index (χ0v) is 20.3. The first-order valence-corrected chi connectivity index (χ1v) is 12.3. The fourth-order valence-corrected chi connectivity index (χ4v) is 4.74. The summed E-state index contributed by atoms with van der Waals surface area (Å²) in [6, 6.07) is 37.6. The van der Waals surface area contributed by atoms with E-state index < -0.39 is 11.8 Å². The van der Waals surface area contributed by atoms with Crippen molar-refractivity contribution in [2.75, 3.05) is 24.5 Å². The van der Waals surface area contributed by atoms with Gasteiger partial charge in [0.25, 0.3) is 5.91 Å². The number of hydrogen-bond acceptors (Lipinski definition) is 3. The predicted molar refractivity (Wildman–Crippen MR) is 143 cm³/mol. The lowest BCUT2D eigenvalue weighted by molar-refractivity contribution is -0.158. The highest BCUT2D eigenvalue weighted by Gasteiger charge is 2.38. The summed E-state index contributed by atoms with van der Waals surface area (Å²) in [4.78, 5) is 44.8. The number of carbonyl (C=O) groups excluding carboxylic acids is 3. The van der Waals surface area contributed by atoms with Gasteiger partial charge in [0, 0.05) is 24.5 Å². The average molecular weight is 490 g/mol. The first-order valence-electron chi connectivity index (χ1n) is 12.3. The molecule has 3 amide bonds. The van der Waals surface area contributed by atoms with Crippen LogP contribution in [0.25, 0.3) is 0 Å². The zero-order chi connectivity index (χ0) is 25.6. The Morgan fingerprint density at radius 2 is 1.05 bits per heavy atom. The molecule has 6 nitrogen and oxygen atoms in total. The first-order chi connectivity index (χ1) is 18.1. The molecule has 4 aromatic carbocycles. The van der Waals surface area contributed by atoms with Crippen LogP contribution in [0.5, 0.6) is 0 Å². The lowest BCUT2D eigenvalue weighted by Gasteiger charge is -2.39. The van der Waals surface area contributed by atoms with E-state index in [4.69, 9.17) is 0 Å². The van der Waals surface area contributed by atoms with Crippen LogP contribution in [0, 0.1) is 0 Å². The summed E-state index contributed by atoms with van der Waals surface area (Å²) >= 11 is 0. The maximum atomic E-state index is 13.5. The topological polar surface area (TPSA) is 60.9 Å². The maximum Gasteiger partial charge on any atom is 0.312 e. The number of nitrogens with zero attached hydrogens (tertiary/aromatic N) is 3. The van der Waals surface area contributed by atoms with Gasteiger partial charge in [-0.25, -0.2) is 0 Å². The van der Waals surface area contributed by atoms with Crippen molar-refractivity contribution in [2.24, 2.45) is 0 Å². The van der Waals surface area contributed by atoms with E-state index in [1.54, 1.807) is 9.80 Å². The maximum absolute atomic E-state index is 13.5. The molecule has 6 heteroatoms. The standard InChI is InChI=1S/C31H27N3O3/c35-28(34(26-17-9-3-10-18-26)27-19-11-4-12-20-27)23-32-21-22-33(31(37)30(32)36)29(24-13-5-1-6-14-24)25-15-7-2-8-16-25/h1-20,29H,21-23H2. The molecule has 1 fully saturated rings. The number of anilines is 2. The van der Waals surface area contributed by atoms with Crippen LogP contribution in [0.15, 0.2) is 121 Å². The van der Waals surface area contributed by atoms with Crippen LogP contribution in [0.3, 0.4) is 0 Å². The van der Waals surface area contributed by atoms with Gasteiger partial charge in [-0.05, 0) is 35.4 Å². The van der Waals surface area contributed by atoms with E-state index in [1.807, 2.05) is 121 Å². The predicted octanol–water partition coefficient (Wildman–Crippen LogP) is 4.81. The van der Waals surface area contributed by atoms with Crippen molar-refractivity contribution in [3.63, 3.8) is 0 Å². The molecule has 1 aliphatic heterocycles. The molecule has 0 unspecified atom stereocenters. The van der Waals surface area contributed by atoms with Crippen molar-refractivity contribution in [3.05, 3.63) is 132 Å². The van der Waals surface area contributed by atoms with Crippen LogP contribution in [0.4, 0.5) is 11.4 Å². The molecule has 4 aromatic rings. The minimum absolute atomic E-state index is 0.191. The van der Waals surface area contributed by atoms with Crippen LogP contribution in [0.1, 0.15) is 17.2 Å². The first kappa shape index (κ1) is 24.0. The average Bonchev–Trinajstić information content (AvgIpc) is 2.95. The lowest BCUT2D eigenvalue weighted by Crippen LogP contribution is -2.57. The van der Waals surface area contributed by atoms with Gasteiger partial charge in [-0.3, -0.25) is 19.3 Å². The van der Waals surface area contributed by atoms with Crippen molar-refractivity contribution < 1.29 is 14.4 Å². The molecule has 1 saturated heterocycles. The second-order valence-corrected chi connectivity index (χ2v) is 8.85. The Morgan fingerprint density at radius 1 is 0.622 bits per heavy atom. The Hall–Kier alpha value is -4.71. The molecule has 1 heterocycles. The molecule has 0 aliphatic carbocycles. The molecule has 0 bridgehead atoms. The van der Waals surface area contributed by atoms with E-state index in [0.717, 1.165) is 11.1 Å². The molecule has 1 aliphatic rings. The van der Waals surface area contributed by atoms with Gasteiger partial charge in [0.15, 0.2) is 0 Å². The second-order valence-electron chi connectivity index (χ2n) is 8.85. The smallest absolute Gasteiger partial charge is 0.312 e. The molecule has 0 N–H and O–H groups in total. The monoisotopic (exact) mass is 489 g/mol. The molecule has 0 saturated carbocycles. The number of carbonyl (C=O) groups is 3. The highest BCUT2D eigenvalue weighted by atomic mass is 16.2. The van der Waals surface area contributed by atoms with Crippen molar-refractivity contribution in [3.8, 4) is 0 Å². The Kier molecular flexibility index (Phi) is 7.08. The Labute approximate surface area is 216 Å². The van der Waals surface area contributed by atoms with Crippen molar-refractivity contribution in [2.45, 2.75) is 6.04 Å². The molecule has 5 rings (SSSR count). The fraction of sp³-hybridized carbons (Fsp3) is 0.129. The van der Waals surface area contributed by atoms with Crippen LogP contribution >= 0.6 is 0 Å². The third kappa shape index (κ3) is 5.14. The normalized spacial score (nSPS) is 13.6. The molecule has 0 spiro atoms. The number of piperazine rings is 1. The zero-order valence-electron chi connectivity index (χ0n) is 20.3. The number of amides is 3. The second kappa shape index (κ2) is 10.9. The van der Waals surface area contributed by atoms with Gasteiger partial charge in [-0.1, -0.05) is 97.1 Å². The Bertz CT molecular complexity index is 1280. The van der Waals surface area contributed by atoms with Gasteiger partial charge in [0.05, 0.1) is 6.04 Å². The minimum Gasteiger partial charge on any atom is -0.323 e. The van der Waals surface area contributed by atoms with Gasteiger partial charge in [0.1, 0.15) is 6.54 Å². The molecule has 184 valence electrons. The van der Waals surface area contributed by atoms with E-state index in [2.05, 4.69) is 0 Å². The van der Waals surface area contributed by atoms with Gasteiger partial charge in [-0.2, -0.15) is 0 Å². The summed E-state index contributed by atoms with van der Waals surface area (Å²) < 4.78 is 0. The summed E-state index contributed by atoms with van der Waals surface area (Å²) in [6.07, 6.45) is 0. The van der Waals surface area contributed by atoms with Crippen molar-refractivity contribution in [1.82, 2.24) is 9.80 Å². The molecule has 37 heavy (non-hydrogen) atoms. The molecule has 0 radical (unpaired) electrons.